The molecule has 1 N–H and O–H groups in total. The Morgan fingerprint density at radius 2 is 2.25 bits per heavy atom. The molecule has 0 aromatic carbocycles. The first-order valence-corrected chi connectivity index (χ1v) is 6.25. The Kier molecular flexibility index (Phi) is 3.13. The van der Waals surface area contributed by atoms with E-state index in [2.05, 4.69) is 35.6 Å². The van der Waals surface area contributed by atoms with Crippen molar-refractivity contribution in [2.45, 2.75) is 6.92 Å². The number of aryl methyl sites for hydroxylation is 1. The normalized spacial score (nSPS) is 10.4. The average molecular weight is 289 g/mol. The number of carbonyl (C=O) groups is 1. The van der Waals surface area contributed by atoms with E-state index in [0.29, 0.717) is 10.8 Å². The number of hydrogen-bond acceptors (Lipinski definition) is 9. The fourth-order valence-corrected chi connectivity index (χ4v) is 1.92. The smallest absolute Gasteiger partial charge is 0.316 e. The van der Waals surface area contributed by atoms with Crippen LogP contribution in [0.2, 0.25) is 0 Å². The van der Waals surface area contributed by atoms with Crippen LogP contribution in [-0.4, -0.2) is 36.2 Å². The third-order valence-electron chi connectivity index (χ3n) is 2.16. The standard InChI is InChI=1S/C10H7N7O2S/c1-5-15-16-10(20-5)14-8(18)9-13-7(17-19-9)6-4-11-2-3-12-6/h2-4H,1H3,(H,14,16,18). The van der Waals surface area contributed by atoms with Gasteiger partial charge in [0, 0.05) is 12.4 Å². The zero-order chi connectivity index (χ0) is 13.9. The lowest BCUT2D eigenvalue weighted by atomic mass is 10.4. The minimum atomic E-state index is -0.552. The lowest BCUT2D eigenvalue weighted by molar-refractivity contribution is 0.0981. The van der Waals surface area contributed by atoms with E-state index in [1.54, 1.807) is 6.92 Å². The molecule has 3 aromatic heterocycles. The molecule has 0 spiro atoms. The van der Waals surface area contributed by atoms with Crippen LogP contribution in [0.5, 0.6) is 0 Å². The maximum Gasteiger partial charge on any atom is 0.316 e. The number of nitrogens with zero attached hydrogens (tertiary/aromatic N) is 6. The van der Waals surface area contributed by atoms with Gasteiger partial charge in [0.15, 0.2) is 0 Å². The Hall–Kier alpha value is -2.75. The molecule has 3 aromatic rings. The first-order chi connectivity index (χ1) is 9.72. The molecule has 3 rings (SSSR count). The van der Waals surface area contributed by atoms with E-state index in [-0.39, 0.29) is 11.7 Å². The van der Waals surface area contributed by atoms with Gasteiger partial charge >= 0.3 is 11.8 Å². The molecule has 20 heavy (non-hydrogen) atoms. The summed E-state index contributed by atoms with van der Waals surface area (Å²) in [4.78, 5) is 23.7. The quantitative estimate of drug-likeness (QED) is 0.756. The summed E-state index contributed by atoms with van der Waals surface area (Å²) in [5, 5.41) is 14.9. The van der Waals surface area contributed by atoms with Gasteiger partial charge < -0.3 is 4.52 Å². The third kappa shape index (κ3) is 2.49. The van der Waals surface area contributed by atoms with E-state index in [1.807, 2.05) is 0 Å². The van der Waals surface area contributed by atoms with Crippen molar-refractivity contribution in [2.75, 3.05) is 5.32 Å². The number of rotatable bonds is 3. The van der Waals surface area contributed by atoms with Gasteiger partial charge in [-0.3, -0.25) is 15.1 Å². The van der Waals surface area contributed by atoms with Crippen LogP contribution in [0.4, 0.5) is 5.13 Å². The second-order valence-corrected chi connectivity index (χ2v) is 4.78. The second-order valence-electron chi connectivity index (χ2n) is 3.59. The number of hydrogen-bond donors (Lipinski definition) is 1. The molecule has 0 unspecified atom stereocenters. The molecule has 10 heteroatoms. The minimum absolute atomic E-state index is 0.182. The molecule has 0 aliphatic carbocycles. The van der Waals surface area contributed by atoms with Gasteiger partial charge in [-0.25, -0.2) is 4.98 Å². The Labute approximate surface area is 116 Å². The van der Waals surface area contributed by atoms with Crippen LogP contribution in [0.3, 0.4) is 0 Å². The Bertz CT molecular complexity index is 739. The molecule has 100 valence electrons. The van der Waals surface area contributed by atoms with E-state index in [4.69, 9.17) is 4.52 Å². The predicted octanol–water partition coefficient (Wildman–Crippen LogP) is 0.939. The average Bonchev–Trinajstić information content (AvgIpc) is 3.09. The summed E-state index contributed by atoms with van der Waals surface area (Å²) < 4.78 is 4.88. The van der Waals surface area contributed by atoms with Crippen molar-refractivity contribution >= 4 is 22.4 Å². The lowest BCUT2D eigenvalue weighted by Crippen LogP contribution is -2.12. The van der Waals surface area contributed by atoms with Crippen molar-refractivity contribution in [1.82, 2.24) is 30.3 Å². The Balaban J connectivity index is 1.78. The maximum absolute atomic E-state index is 11.9. The number of aromatic nitrogens is 6. The molecule has 0 aliphatic heterocycles. The molecule has 3 heterocycles. The zero-order valence-electron chi connectivity index (χ0n) is 10.1. The van der Waals surface area contributed by atoms with Crippen LogP contribution >= 0.6 is 11.3 Å². The van der Waals surface area contributed by atoms with Crippen LogP contribution in [0.15, 0.2) is 23.1 Å². The highest BCUT2D eigenvalue weighted by Gasteiger charge is 2.18. The van der Waals surface area contributed by atoms with Gasteiger partial charge in [0.1, 0.15) is 10.7 Å². The maximum atomic E-state index is 11.9. The minimum Gasteiger partial charge on any atom is -0.328 e. The van der Waals surface area contributed by atoms with Crippen molar-refractivity contribution in [3.8, 4) is 11.5 Å². The topological polar surface area (TPSA) is 120 Å². The van der Waals surface area contributed by atoms with E-state index in [1.165, 1.54) is 29.9 Å². The zero-order valence-corrected chi connectivity index (χ0v) is 11.0. The number of amides is 1. The Morgan fingerprint density at radius 1 is 1.35 bits per heavy atom. The SMILES string of the molecule is Cc1nnc(NC(=O)c2nc(-c3cnccn3)no2)s1. The van der Waals surface area contributed by atoms with E-state index in [9.17, 15) is 4.79 Å². The van der Waals surface area contributed by atoms with Gasteiger partial charge in [-0.15, -0.1) is 10.2 Å². The molecular weight excluding hydrogens is 282 g/mol. The van der Waals surface area contributed by atoms with Crippen molar-refractivity contribution in [3.63, 3.8) is 0 Å². The molecule has 1 amide bonds. The fraction of sp³-hybridized carbons (Fsp3) is 0.100. The monoisotopic (exact) mass is 289 g/mol. The molecule has 0 saturated carbocycles. The van der Waals surface area contributed by atoms with Gasteiger partial charge in [-0.05, 0) is 6.92 Å². The molecule has 0 aliphatic rings. The van der Waals surface area contributed by atoms with Gasteiger partial charge in [0.25, 0.3) is 0 Å². The number of anilines is 1. The van der Waals surface area contributed by atoms with Gasteiger partial charge in [-0.1, -0.05) is 16.5 Å². The summed E-state index contributed by atoms with van der Waals surface area (Å²) in [6.07, 6.45) is 4.49. The summed E-state index contributed by atoms with van der Waals surface area (Å²) in [5.74, 6) is -0.543. The van der Waals surface area contributed by atoms with Crippen LogP contribution in [0.1, 0.15) is 15.7 Å². The summed E-state index contributed by atoms with van der Waals surface area (Å²) >= 11 is 1.25. The van der Waals surface area contributed by atoms with Crippen LogP contribution in [-0.2, 0) is 0 Å². The first-order valence-electron chi connectivity index (χ1n) is 5.44. The highest BCUT2D eigenvalue weighted by Crippen LogP contribution is 2.16. The largest absolute Gasteiger partial charge is 0.328 e. The predicted molar refractivity (Wildman–Crippen MR) is 67.9 cm³/mol. The van der Waals surface area contributed by atoms with Crippen LogP contribution < -0.4 is 5.32 Å². The highest BCUT2D eigenvalue weighted by atomic mass is 32.1. The molecule has 0 atom stereocenters. The van der Waals surface area contributed by atoms with Crippen LogP contribution in [0.25, 0.3) is 11.5 Å². The summed E-state index contributed by atoms with van der Waals surface area (Å²) in [6.45, 7) is 1.78. The van der Waals surface area contributed by atoms with E-state index < -0.39 is 5.91 Å². The number of carbonyl (C=O) groups excluding carboxylic acids is 1. The Morgan fingerprint density at radius 3 is 2.95 bits per heavy atom. The van der Waals surface area contributed by atoms with Gasteiger partial charge in [0.05, 0.1) is 6.20 Å². The van der Waals surface area contributed by atoms with Crippen molar-refractivity contribution in [1.29, 1.82) is 0 Å². The molecule has 0 bridgehead atoms. The molecule has 0 fully saturated rings. The molecular formula is C10H7N7O2S. The first kappa shape index (κ1) is 12.3. The summed E-state index contributed by atoms with van der Waals surface area (Å²) in [5.41, 5.74) is 0.419. The highest BCUT2D eigenvalue weighted by molar-refractivity contribution is 7.15. The van der Waals surface area contributed by atoms with E-state index in [0.717, 1.165) is 5.01 Å². The van der Waals surface area contributed by atoms with Crippen molar-refractivity contribution in [2.24, 2.45) is 0 Å². The van der Waals surface area contributed by atoms with E-state index >= 15 is 0 Å². The summed E-state index contributed by atoms with van der Waals surface area (Å²) in [6, 6.07) is 0. The summed E-state index contributed by atoms with van der Waals surface area (Å²) in [7, 11) is 0. The third-order valence-corrected chi connectivity index (χ3v) is 2.91. The molecule has 0 saturated heterocycles. The van der Waals surface area contributed by atoms with Crippen LogP contribution in [0, 0.1) is 6.92 Å². The molecule has 0 radical (unpaired) electrons. The second kappa shape index (κ2) is 5.09. The van der Waals surface area contributed by atoms with Crippen molar-refractivity contribution < 1.29 is 9.32 Å². The number of nitrogens with one attached hydrogen (secondary N) is 1. The van der Waals surface area contributed by atoms with Crippen molar-refractivity contribution in [3.05, 3.63) is 29.5 Å². The molecule has 9 nitrogen and oxygen atoms in total. The fourth-order valence-electron chi connectivity index (χ4n) is 1.33. The van der Waals surface area contributed by atoms with Gasteiger partial charge in [-0.2, -0.15) is 4.98 Å². The lowest BCUT2D eigenvalue weighted by Gasteiger charge is -1.93. The van der Waals surface area contributed by atoms with Gasteiger partial charge in [0.2, 0.25) is 11.0 Å².